The van der Waals surface area contributed by atoms with E-state index < -0.39 is 0 Å². The molecule has 0 spiro atoms. The van der Waals surface area contributed by atoms with E-state index in [-0.39, 0.29) is 11.3 Å². The quantitative estimate of drug-likeness (QED) is 0.854. The number of amides is 1. The van der Waals surface area contributed by atoms with Crippen LogP contribution < -0.4 is 4.90 Å². The van der Waals surface area contributed by atoms with Crippen molar-refractivity contribution in [1.29, 1.82) is 0 Å². The molecule has 0 saturated heterocycles. The Hall–Kier alpha value is -1.43. The molecule has 0 aliphatic carbocycles. The van der Waals surface area contributed by atoms with Crippen LogP contribution in [0, 0.1) is 0 Å². The molecule has 4 nitrogen and oxygen atoms in total. The van der Waals surface area contributed by atoms with Gasteiger partial charge in [0.25, 0.3) is 5.91 Å². The third kappa shape index (κ3) is 2.53. The SMILES string of the molecule is COCc1nc(C(=O)N2CC(C)(C)c3c(Cl)cccc32)cs1. The molecule has 0 bridgehead atoms. The topological polar surface area (TPSA) is 42.4 Å². The highest BCUT2D eigenvalue weighted by Gasteiger charge is 2.40. The average molecular weight is 337 g/mol. The van der Waals surface area contributed by atoms with Crippen molar-refractivity contribution < 1.29 is 9.53 Å². The summed E-state index contributed by atoms with van der Waals surface area (Å²) in [6.45, 7) is 5.22. The Morgan fingerprint density at radius 1 is 1.50 bits per heavy atom. The first-order chi connectivity index (χ1) is 10.4. The van der Waals surface area contributed by atoms with Crippen molar-refractivity contribution >= 4 is 34.5 Å². The van der Waals surface area contributed by atoms with Crippen molar-refractivity contribution in [2.45, 2.75) is 25.9 Å². The Kier molecular flexibility index (Phi) is 3.97. The molecule has 2 heterocycles. The number of thiazole rings is 1. The Morgan fingerprint density at radius 2 is 2.27 bits per heavy atom. The molecule has 0 N–H and O–H groups in total. The molecule has 2 aromatic rings. The van der Waals surface area contributed by atoms with E-state index in [0.717, 1.165) is 16.3 Å². The summed E-state index contributed by atoms with van der Waals surface area (Å²) in [5.74, 6) is -0.0901. The molecule has 3 rings (SSSR count). The highest BCUT2D eigenvalue weighted by Crippen LogP contribution is 2.44. The van der Waals surface area contributed by atoms with Crippen molar-refractivity contribution in [2.24, 2.45) is 0 Å². The van der Waals surface area contributed by atoms with Gasteiger partial charge in [0, 0.05) is 40.7 Å². The zero-order valence-electron chi connectivity index (χ0n) is 12.7. The molecule has 0 fully saturated rings. The number of benzene rings is 1. The number of hydrogen-bond donors (Lipinski definition) is 0. The normalized spacial score (nSPS) is 15.9. The summed E-state index contributed by atoms with van der Waals surface area (Å²) in [5.41, 5.74) is 2.19. The van der Waals surface area contributed by atoms with Gasteiger partial charge in [-0.25, -0.2) is 4.98 Å². The number of anilines is 1. The molecule has 116 valence electrons. The van der Waals surface area contributed by atoms with Crippen LogP contribution in [-0.2, 0) is 16.8 Å². The van der Waals surface area contributed by atoms with E-state index in [1.807, 2.05) is 18.2 Å². The number of ether oxygens (including phenoxy) is 1. The molecule has 0 saturated carbocycles. The van der Waals surface area contributed by atoms with Crippen molar-refractivity contribution in [3.63, 3.8) is 0 Å². The number of carbonyl (C=O) groups excluding carboxylic acids is 1. The first-order valence-corrected chi connectivity index (χ1v) is 8.24. The van der Waals surface area contributed by atoms with Crippen LogP contribution in [0.3, 0.4) is 0 Å². The number of aromatic nitrogens is 1. The maximum Gasteiger partial charge on any atom is 0.277 e. The van der Waals surface area contributed by atoms with E-state index in [4.69, 9.17) is 16.3 Å². The van der Waals surface area contributed by atoms with E-state index in [0.29, 0.717) is 23.9 Å². The fourth-order valence-electron chi connectivity index (χ4n) is 2.89. The van der Waals surface area contributed by atoms with E-state index in [1.54, 1.807) is 17.4 Å². The molecule has 1 aliphatic heterocycles. The number of carbonyl (C=O) groups is 1. The predicted molar refractivity (Wildman–Crippen MR) is 89.0 cm³/mol. The lowest BCUT2D eigenvalue weighted by Gasteiger charge is -2.20. The van der Waals surface area contributed by atoms with Gasteiger partial charge in [0.1, 0.15) is 10.7 Å². The fraction of sp³-hybridized carbons (Fsp3) is 0.375. The van der Waals surface area contributed by atoms with Crippen molar-refractivity contribution in [3.05, 3.63) is 44.9 Å². The summed E-state index contributed by atoms with van der Waals surface area (Å²) >= 11 is 7.78. The summed E-state index contributed by atoms with van der Waals surface area (Å²) in [4.78, 5) is 18.9. The standard InChI is InChI=1S/C16H17ClN2O2S/c1-16(2)9-19(12-6-4-5-10(17)14(12)16)15(20)11-8-22-13(18-11)7-21-3/h4-6,8H,7,9H2,1-3H3. The van der Waals surface area contributed by atoms with Gasteiger partial charge < -0.3 is 9.64 Å². The van der Waals surface area contributed by atoms with Gasteiger partial charge in [0.2, 0.25) is 0 Å². The maximum atomic E-state index is 12.8. The van der Waals surface area contributed by atoms with Gasteiger partial charge in [-0.2, -0.15) is 0 Å². The van der Waals surface area contributed by atoms with Gasteiger partial charge >= 0.3 is 0 Å². The molecule has 0 radical (unpaired) electrons. The van der Waals surface area contributed by atoms with Crippen LogP contribution >= 0.6 is 22.9 Å². The first-order valence-electron chi connectivity index (χ1n) is 6.98. The molecule has 1 amide bonds. The van der Waals surface area contributed by atoms with E-state index in [2.05, 4.69) is 18.8 Å². The zero-order chi connectivity index (χ0) is 15.9. The lowest BCUT2D eigenvalue weighted by Crippen LogP contribution is -2.34. The van der Waals surface area contributed by atoms with Gasteiger partial charge in [0.15, 0.2) is 0 Å². The van der Waals surface area contributed by atoms with Crippen molar-refractivity contribution in [3.8, 4) is 0 Å². The van der Waals surface area contributed by atoms with Crippen LogP contribution in [0.2, 0.25) is 5.02 Å². The Morgan fingerprint density at radius 3 is 3.00 bits per heavy atom. The van der Waals surface area contributed by atoms with E-state index in [9.17, 15) is 4.79 Å². The highest BCUT2D eigenvalue weighted by molar-refractivity contribution is 7.09. The average Bonchev–Trinajstić information content (AvgIpc) is 3.02. The lowest BCUT2D eigenvalue weighted by atomic mass is 9.87. The van der Waals surface area contributed by atoms with Crippen LogP contribution in [0.4, 0.5) is 5.69 Å². The molecule has 6 heteroatoms. The van der Waals surface area contributed by atoms with Crippen LogP contribution in [0.5, 0.6) is 0 Å². The summed E-state index contributed by atoms with van der Waals surface area (Å²) < 4.78 is 5.06. The largest absolute Gasteiger partial charge is 0.378 e. The Balaban J connectivity index is 1.96. The number of nitrogens with zero attached hydrogens (tertiary/aromatic N) is 2. The second-order valence-corrected chi connectivity index (χ2v) is 7.32. The van der Waals surface area contributed by atoms with E-state index in [1.165, 1.54) is 11.3 Å². The van der Waals surface area contributed by atoms with Gasteiger partial charge in [-0.1, -0.05) is 31.5 Å². The summed E-state index contributed by atoms with van der Waals surface area (Å²) in [6, 6.07) is 5.69. The second-order valence-electron chi connectivity index (χ2n) is 5.97. The summed E-state index contributed by atoms with van der Waals surface area (Å²) in [6.07, 6.45) is 0. The highest BCUT2D eigenvalue weighted by atomic mass is 35.5. The summed E-state index contributed by atoms with van der Waals surface area (Å²) in [5, 5.41) is 3.29. The molecule has 1 aliphatic rings. The number of hydrogen-bond acceptors (Lipinski definition) is 4. The smallest absolute Gasteiger partial charge is 0.277 e. The van der Waals surface area contributed by atoms with Gasteiger partial charge in [-0.05, 0) is 12.1 Å². The Bertz CT molecular complexity index is 727. The van der Waals surface area contributed by atoms with Crippen LogP contribution in [0.15, 0.2) is 23.6 Å². The maximum absolute atomic E-state index is 12.8. The molecular formula is C16H17ClN2O2S. The van der Waals surface area contributed by atoms with Crippen LogP contribution in [0.1, 0.15) is 34.9 Å². The van der Waals surface area contributed by atoms with Gasteiger partial charge in [0.05, 0.1) is 6.61 Å². The van der Waals surface area contributed by atoms with Crippen molar-refractivity contribution in [1.82, 2.24) is 4.98 Å². The molecule has 0 atom stereocenters. The molecule has 22 heavy (non-hydrogen) atoms. The second kappa shape index (κ2) is 5.65. The number of fused-ring (bicyclic) bond motifs is 1. The minimum atomic E-state index is -0.172. The third-order valence-corrected chi connectivity index (χ3v) is 4.93. The number of halogens is 1. The van der Waals surface area contributed by atoms with Gasteiger partial charge in [-0.3, -0.25) is 4.79 Å². The fourth-order valence-corrected chi connectivity index (χ4v) is 4.05. The van der Waals surface area contributed by atoms with Gasteiger partial charge in [-0.15, -0.1) is 11.3 Å². The number of rotatable bonds is 3. The molecule has 1 aromatic heterocycles. The predicted octanol–water partition coefficient (Wildman–Crippen LogP) is 3.88. The molecule has 1 aromatic carbocycles. The minimum Gasteiger partial charge on any atom is -0.378 e. The Labute approximate surface area is 138 Å². The van der Waals surface area contributed by atoms with Crippen LogP contribution in [0.25, 0.3) is 0 Å². The van der Waals surface area contributed by atoms with Crippen LogP contribution in [-0.4, -0.2) is 24.5 Å². The molecular weight excluding hydrogens is 320 g/mol. The van der Waals surface area contributed by atoms with E-state index >= 15 is 0 Å². The van der Waals surface area contributed by atoms with Crippen molar-refractivity contribution in [2.75, 3.05) is 18.6 Å². The number of methoxy groups -OCH3 is 1. The third-order valence-electron chi connectivity index (χ3n) is 3.80. The lowest BCUT2D eigenvalue weighted by molar-refractivity contribution is 0.0981. The first kappa shape index (κ1) is 15.5. The summed E-state index contributed by atoms with van der Waals surface area (Å²) in [7, 11) is 1.62. The molecule has 0 unspecified atom stereocenters. The zero-order valence-corrected chi connectivity index (χ0v) is 14.3. The minimum absolute atomic E-state index is 0.0901. The monoisotopic (exact) mass is 336 g/mol.